The smallest absolute Gasteiger partial charge is 0.338 e. The maximum atomic E-state index is 11.6. The number of halogens is 1. The van der Waals surface area contributed by atoms with Crippen molar-refractivity contribution >= 4 is 18.4 Å². The summed E-state index contributed by atoms with van der Waals surface area (Å²) >= 11 is 0. The summed E-state index contributed by atoms with van der Waals surface area (Å²) in [4.78, 5) is 11.6. The summed E-state index contributed by atoms with van der Waals surface area (Å²) in [7, 11) is 0. The molecule has 0 aromatic heterocycles. The normalized spacial score (nSPS) is 10.6. The van der Waals surface area contributed by atoms with E-state index in [9.17, 15) is 4.79 Å². The summed E-state index contributed by atoms with van der Waals surface area (Å²) in [6.07, 6.45) is 0.760. The van der Waals surface area contributed by atoms with Gasteiger partial charge < -0.3 is 10.5 Å². The van der Waals surface area contributed by atoms with Gasteiger partial charge in [-0.15, -0.1) is 12.4 Å². The van der Waals surface area contributed by atoms with Crippen molar-refractivity contribution in [3.05, 3.63) is 41.5 Å². The van der Waals surface area contributed by atoms with Gasteiger partial charge in [0.2, 0.25) is 0 Å². The van der Waals surface area contributed by atoms with Crippen molar-refractivity contribution in [2.45, 2.75) is 39.7 Å². The van der Waals surface area contributed by atoms with Crippen LogP contribution in [0, 0.1) is 0 Å². The van der Waals surface area contributed by atoms with Crippen molar-refractivity contribution in [2.24, 2.45) is 5.73 Å². The van der Waals surface area contributed by atoms with Gasteiger partial charge in [-0.2, -0.15) is 0 Å². The lowest BCUT2D eigenvalue weighted by Crippen LogP contribution is -2.30. The fourth-order valence-corrected chi connectivity index (χ4v) is 1.82. The molecule has 0 unspecified atom stereocenters. The van der Waals surface area contributed by atoms with E-state index in [4.69, 9.17) is 10.5 Å². The molecule has 0 fully saturated rings. The second-order valence-corrected chi connectivity index (χ2v) is 5.03. The van der Waals surface area contributed by atoms with Gasteiger partial charge in [-0.3, -0.25) is 0 Å². The van der Waals surface area contributed by atoms with Crippen molar-refractivity contribution in [1.29, 1.82) is 0 Å². The van der Waals surface area contributed by atoms with Crippen LogP contribution in [-0.4, -0.2) is 5.97 Å². The fourth-order valence-electron chi connectivity index (χ4n) is 1.82. The number of nitrogens with two attached hydrogens (primary N) is 1. The first-order chi connectivity index (χ1) is 8.27. The second-order valence-electron chi connectivity index (χ2n) is 5.03. The average molecular weight is 284 g/mol. The first kappa shape index (κ1) is 17.7. The van der Waals surface area contributed by atoms with E-state index < -0.39 is 11.5 Å². The molecule has 0 amide bonds. The van der Waals surface area contributed by atoms with Crippen LogP contribution in [0.5, 0.6) is 5.75 Å². The predicted octanol–water partition coefficient (Wildman–Crippen LogP) is 3.35. The summed E-state index contributed by atoms with van der Waals surface area (Å²) in [6.45, 7) is 11.1. The number of ether oxygens (including phenoxy) is 1. The molecule has 0 radical (unpaired) electrons. The van der Waals surface area contributed by atoms with Gasteiger partial charge in [-0.1, -0.05) is 25.6 Å². The van der Waals surface area contributed by atoms with E-state index in [0.717, 1.165) is 17.5 Å². The van der Waals surface area contributed by atoms with Crippen LogP contribution in [0.4, 0.5) is 0 Å². The third kappa shape index (κ3) is 4.37. The van der Waals surface area contributed by atoms with Crippen molar-refractivity contribution < 1.29 is 9.53 Å². The van der Waals surface area contributed by atoms with E-state index in [2.05, 4.69) is 6.58 Å². The number of hydrogen-bond acceptors (Lipinski definition) is 3. The molecule has 1 aromatic carbocycles. The Bertz CT molecular complexity index is 476. The first-order valence-electron chi connectivity index (χ1n) is 6.06. The number of carbonyl (C=O) groups excluding carboxylic acids is 1. The van der Waals surface area contributed by atoms with Gasteiger partial charge in [0.1, 0.15) is 5.75 Å². The highest BCUT2D eigenvalue weighted by Crippen LogP contribution is 2.29. The van der Waals surface area contributed by atoms with Crippen molar-refractivity contribution in [3.8, 4) is 5.75 Å². The summed E-state index contributed by atoms with van der Waals surface area (Å²) in [5.74, 6) is 0.165. The summed E-state index contributed by atoms with van der Waals surface area (Å²) in [6, 6.07) is 5.61. The summed E-state index contributed by atoms with van der Waals surface area (Å²) in [5, 5.41) is 0. The molecule has 3 nitrogen and oxygen atoms in total. The third-order valence-electron chi connectivity index (χ3n) is 2.73. The highest BCUT2D eigenvalue weighted by atomic mass is 35.5. The summed E-state index contributed by atoms with van der Waals surface area (Å²) < 4.78 is 5.34. The van der Waals surface area contributed by atoms with E-state index in [1.54, 1.807) is 13.0 Å². The second kappa shape index (κ2) is 6.73. The Balaban J connectivity index is 0.00000324. The molecular formula is C15H22ClNO2. The first-order valence-corrected chi connectivity index (χ1v) is 6.06. The zero-order valence-electron chi connectivity index (χ0n) is 11.9. The Hall–Kier alpha value is -1.32. The molecule has 0 aliphatic rings. The van der Waals surface area contributed by atoms with Gasteiger partial charge in [-0.05, 0) is 44.4 Å². The maximum Gasteiger partial charge on any atom is 0.338 e. The Labute approximate surface area is 121 Å². The lowest BCUT2D eigenvalue weighted by Gasteiger charge is -2.24. The molecule has 0 aliphatic heterocycles. The Morgan fingerprint density at radius 1 is 1.42 bits per heavy atom. The lowest BCUT2D eigenvalue weighted by atomic mass is 9.89. The predicted molar refractivity (Wildman–Crippen MR) is 80.7 cm³/mol. The molecular weight excluding hydrogens is 262 g/mol. The van der Waals surface area contributed by atoms with Crippen LogP contribution in [0.2, 0.25) is 0 Å². The fraction of sp³-hybridized carbons (Fsp3) is 0.400. The van der Waals surface area contributed by atoms with E-state index in [0.29, 0.717) is 11.3 Å². The van der Waals surface area contributed by atoms with Gasteiger partial charge in [-0.25, -0.2) is 4.79 Å². The molecule has 0 spiro atoms. The molecule has 19 heavy (non-hydrogen) atoms. The van der Waals surface area contributed by atoms with E-state index in [1.165, 1.54) is 0 Å². The molecule has 0 saturated carbocycles. The molecule has 0 heterocycles. The average Bonchev–Trinajstić information content (AvgIpc) is 2.27. The van der Waals surface area contributed by atoms with E-state index in [-0.39, 0.29) is 12.4 Å². The maximum absolute atomic E-state index is 11.6. The van der Waals surface area contributed by atoms with Crippen molar-refractivity contribution in [1.82, 2.24) is 0 Å². The largest absolute Gasteiger partial charge is 0.423 e. The summed E-state index contributed by atoms with van der Waals surface area (Å²) in [5.41, 5.74) is 8.03. The number of hydrogen-bond donors (Lipinski definition) is 1. The van der Waals surface area contributed by atoms with Gasteiger partial charge in [0.25, 0.3) is 0 Å². The molecule has 0 saturated heterocycles. The minimum atomic E-state index is -0.461. The number of carbonyl (C=O) groups is 1. The minimum Gasteiger partial charge on any atom is -0.423 e. The molecule has 4 heteroatoms. The van der Waals surface area contributed by atoms with Crippen molar-refractivity contribution in [3.63, 3.8) is 0 Å². The van der Waals surface area contributed by atoms with Gasteiger partial charge >= 0.3 is 5.97 Å². The molecule has 1 rings (SSSR count). The SMILES string of the molecule is C=C(C)C(=O)Oc1cccc(C(C)(C)N)c1CC.Cl. The Morgan fingerprint density at radius 2 is 2.00 bits per heavy atom. The van der Waals surface area contributed by atoms with Crippen LogP contribution in [0.15, 0.2) is 30.4 Å². The van der Waals surface area contributed by atoms with Crippen LogP contribution < -0.4 is 10.5 Å². The third-order valence-corrected chi connectivity index (χ3v) is 2.73. The van der Waals surface area contributed by atoms with Crippen LogP contribution in [0.3, 0.4) is 0 Å². The van der Waals surface area contributed by atoms with Gasteiger partial charge in [0.05, 0.1) is 0 Å². The Morgan fingerprint density at radius 3 is 2.42 bits per heavy atom. The zero-order valence-corrected chi connectivity index (χ0v) is 12.8. The molecule has 0 atom stereocenters. The molecule has 1 aromatic rings. The van der Waals surface area contributed by atoms with E-state index >= 15 is 0 Å². The van der Waals surface area contributed by atoms with Crippen LogP contribution >= 0.6 is 12.4 Å². The monoisotopic (exact) mass is 283 g/mol. The molecule has 106 valence electrons. The standard InChI is InChI=1S/C15H21NO2.ClH/c1-6-11-12(15(4,5)16)8-7-9-13(11)18-14(17)10(2)3;/h7-9H,2,6,16H2,1,3-5H3;1H. The van der Waals surface area contributed by atoms with Crippen LogP contribution in [0.25, 0.3) is 0 Å². The Kier molecular flexibility index (Phi) is 6.27. The number of rotatable bonds is 4. The molecule has 2 N–H and O–H groups in total. The van der Waals surface area contributed by atoms with E-state index in [1.807, 2.05) is 32.9 Å². The minimum absolute atomic E-state index is 0. The highest BCUT2D eigenvalue weighted by molar-refractivity contribution is 5.89. The topological polar surface area (TPSA) is 52.3 Å². The number of benzene rings is 1. The number of esters is 1. The zero-order chi connectivity index (χ0) is 13.9. The van der Waals surface area contributed by atoms with Crippen LogP contribution in [0.1, 0.15) is 38.8 Å². The molecule has 0 bridgehead atoms. The van der Waals surface area contributed by atoms with Gasteiger partial charge in [0.15, 0.2) is 0 Å². The van der Waals surface area contributed by atoms with Crippen molar-refractivity contribution in [2.75, 3.05) is 0 Å². The van der Waals surface area contributed by atoms with Crippen LogP contribution in [-0.2, 0) is 16.8 Å². The lowest BCUT2D eigenvalue weighted by molar-refractivity contribution is -0.130. The quantitative estimate of drug-likeness (QED) is 0.524. The molecule has 0 aliphatic carbocycles. The van der Waals surface area contributed by atoms with Gasteiger partial charge in [0, 0.05) is 11.1 Å². The highest BCUT2D eigenvalue weighted by Gasteiger charge is 2.21.